The molecule has 2 bridgehead atoms. The molecule has 1 fully saturated rings. The molecule has 2 aliphatic heterocycles. The lowest BCUT2D eigenvalue weighted by molar-refractivity contribution is 0.199. The van der Waals surface area contributed by atoms with Gasteiger partial charge in [-0.1, -0.05) is 17.7 Å². The lowest BCUT2D eigenvalue weighted by Gasteiger charge is -2.40. The summed E-state index contributed by atoms with van der Waals surface area (Å²) in [6, 6.07) is 3.51. The van der Waals surface area contributed by atoms with Crippen LogP contribution in [0.4, 0.5) is 18.0 Å². The summed E-state index contributed by atoms with van der Waals surface area (Å²) >= 11 is 5.65. The van der Waals surface area contributed by atoms with Crippen molar-refractivity contribution in [3.05, 3.63) is 58.4 Å². The van der Waals surface area contributed by atoms with Gasteiger partial charge in [-0.05, 0) is 43.5 Å². The number of amides is 1. The van der Waals surface area contributed by atoms with Gasteiger partial charge in [0, 0.05) is 5.56 Å². The average molecular weight is 515 g/mol. The van der Waals surface area contributed by atoms with Crippen LogP contribution in [-0.2, 0) is 15.4 Å². The zero-order valence-electron chi connectivity index (χ0n) is 17.6. The first kappa shape index (κ1) is 24.1. The molecule has 13 heteroatoms. The second-order valence-electron chi connectivity index (χ2n) is 8.19. The van der Waals surface area contributed by atoms with Gasteiger partial charge < -0.3 is 5.11 Å². The Hall–Kier alpha value is -2.99. The van der Waals surface area contributed by atoms with Crippen LogP contribution < -0.4 is 5.32 Å². The fourth-order valence-electron chi connectivity index (χ4n) is 4.54. The zero-order chi connectivity index (χ0) is 24.9. The molecule has 0 saturated carbocycles. The zero-order valence-corrected chi connectivity index (χ0v) is 19.2. The molecule has 34 heavy (non-hydrogen) atoms. The van der Waals surface area contributed by atoms with Gasteiger partial charge in [0.05, 0.1) is 17.6 Å². The maximum absolute atomic E-state index is 15.0. The number of aliphatic imine (C=N–C) groups is 1. The van der Waals surface area contributed by atoms with Crippen LogP contribution in [0.5, 0.6) is 0 Å². The van der Waals surface area contributed by atoms with Gasteiger partial charge in [0.1, 0.15) is 34.7 Å². The maximum Gasteiger partial charge on any atom is 0.410 e. The van der Waals surface area contributed by atoms with Crippen molar-refractivity contribution in [3.8, 4) is 0 Å². The fraction of sp³-hybridized carbons (Fsp3) is 0.333. The maximum atomic E-state index is 15.0. The van der Waals surface area contributed by atoms with E-state index < -0.39 is 55.6 Å². The SMILES string of the molecule is C[C@]1(c2cc(/C=C(\F)c3cnc(Cl)cn3)ccc2F)N=C(NC(=O)O)[C@@]2(CF)CC[C@@H]1S2(=O)=O. The van der Waals surface area contributed by atoms with Crippen LogP contribution in [0.25, 0.3) is 11.9 Å². The molecule has 1 amide bonds. The molecule has 2 aliphatic rings. The number of sulfone groups is 1. The molecule has 3 heterocycles. The second-order valence-corrected chi connectivity index (χ2v) is 11.0. The molecule has 3 atom stereocenters. The third-order valence-electron chi connectivity index (χ3n) is 6.27. The molecule has 180 valence electrons. The van der Waals surface area contributed by atoms with Crippen molar-refractivity contribution in [2.75, 3.05) is 6.67 Å². The number of hydrogen-bond acceptors (Lipinski definition) is 6. The van der Waals surface area contributed by atoms with E-state index in [1.54, 1.807) is 0 Å². The van der Waals surface area contributed by atoms with Crippen molar-refractivity contribution in [1.29, 1.82) is 0 Å². The molecule has 2 N–H and O–H groups in total. The summed E-state index contributed by atoms with van der Waals surface area (Å²) in [5, 5.41) is 9.84. The second kappa shape index (κ2) is 8.35. The highest BCUT2D eigenvalue weighted by molar-refractivity contribution is 7.94. The highest BCUT2D eigenvalue weighted by Crippen LogP contribution is 2.52. The highest BCUT2D eigenvalue weighted by atomic mass is 35.5. The minimum Gasteiger partial charge on any atom is -0.465 e. The predicted molar refractivity (Wildman–Crippen MR) is 119 cm³/mol. The number of aromatic nitrogens is 2. The Balaban J connectivity index is 1.86. The van der Waals surface area contributed by atoms with Gasteiger partial charge in [0.25, 0.3) is 0 Å². The largest absolute Gasteiger partial charge is 0.465 e. The molecular weight excluding hydrogens is 497 g/mol. The summed E-state index contributed by atoms with van der Waals surface area (Å²) in [5.74, 6) is -2.24. The van der Waals surface area contributed by atoms with Gasteiger partial charge in [-0.25, -0.2) is 36.4 Å². The first-order chi connectivity index (χ1) is 15.9. The van der Waals surface area contributed by atoms with Crippen molar-refractivity contribution in [2.24, 2.45) is 4.99 Å². The average Bonchev–Trinajstić information content (AvgIpc) is 2.97. The monoisotopic (exact) mass is 514 g/mol. The number of benzene rings is 1. The number of carboxylic acid groups (broad SMARTS) is 1. The van der Waals surface area contributed by atoms with Crippen LogP contribution >= 0.6 is 11.6 Å². The summed E-state index contributed by atoms with van der Waals surface area (Å²) in [7, 11) is -4.31. The fourth-order valence-corrected chi connectivity index (χ4v) is 7.31. The summed E-state index contributed by atoms with van der Waals surface area (Å²) in [5.41, 5.74) is -1.97. The van der Waals surface area contributed by atoms with Gasteiger partial charge in [-0.2, -0.15) is 0 Å². The third kappa shape index (κ3) is 3.65. The first-order valence-electron chi connectivity index (χ1n) is 9.99. The lowest BCUT2D eigenvalue weighted by Crippen LogP contribution is -2.60. The Kier molecular flexibility index (Phi) is 5.93. The topological polar surface area (TPSA) is 122 Å². The minimum atomic E-state index is -4.31. The van der Waals surface area contributed by atoms with E-state index in [1.807, 2.05) is 5.32 Å². The Labute approximate surface area is 197 Å². The van der Waals surface area contributed by atoms with E-state index in [1.165, 1.54) is 19.1 Å². The molecule has 1 aromatic heterocycles. The van der Waals surface area contributed by atoms with E-state index in [0.29, 0.717) is 0 Å². The van der Waals surface area contributed by atoms with E-state index in [4.69, 9.17) is 11.6 Å². The van der Waals surface area contributed by atoms with Gasteiger partial charge in [-0.15, -0.1) is 0 Å². The number of amidine groups is 1. The molecule has 4 rings (SSSR count). The summed E-state index contributed by atoms with van der Waals surface area (Å²) < 4.78 is 68.3. The Morgan fingerprint density at radius 3 is 2.71 bits per heavy atom. The Bertz CT molecular complexity index is 1340. The summed E-state index contributed by atoms with van der Waals surface area (Å²) in [4.78, 5) is 23.1. The van der Waals surface area contributed by atoms with Crippen molar-refractivity contribution in [2.45, 2.75) is 35.3 Å². The number of nitrogens with zero attached hydrogens (tertiary/aromatic N) is 3. The molecular formula is C21H18ClF3N4O4S. The van der Waals surface area contributed by atoms with Crippen LogP contribution in [0, 0.1) is 5.82 Å². The van der Waals surface area contributed by atoms with Gasteiger partial charge in [-0.3, -0.25) is 10.3 Å². The molecule has 0 unspecified atom stereocenters. The molecule has 0 spiro atoms. The van der Waals surface area contributed by atoms with E-state index in [0.717, 1.165) is 24.5 Å². The van der Waals surface area contributed by atoms with Crippen molar-refractivity contribution in [3.63, 3.8) is 0 Å². The molecule has 1 aromatic carbocycles. The third-order valence-corrected chi connectivity index (χ3v) is 9.50. The molecule has 0 radical (unpaired) electrons. The molecule has 2 aromatic rings. The van der Waals surface area contributed by atoms with Gasteiger partial charge in [0.2, 0.25) is 0 Å². The van der Waals surface area contributed by atoms with E-state index in [-0.39, 0.29) is 34.8 Å². The summed E-state index contributed by atoms with van der Waals surface area (Å²) in [6.07, 6.45) is 1.40. The number of nitrogens with one attached hydrogen (secondary N) is 1. The number of rotatable bonds is 4. The molecule has 1 saturated heterocycles. The normalized spacial score (nSPS) is 27.9. The summed E-state index contributed by atoms with van der Waals surface area (Å²) in [6.45, 7) is -0.0429. The van der Waals surface area contributed by atoms with Crippen LogP contribution in [0.1, 0.15) is 36.6 Å². The quantitative estimate of drug-likeness (QED) is 0.638. The van der Waals surface area contributed by atoms with Crippen LogP contribution in [-0.4, -0.2) is 52.1 Å². The van der Waals surface area contributed by atoms with Crippen LogP contribution in [0.2, 0.25) is 5.15 Å². The Morgan fingerprint density at radius 2 is 2.09 bits per heavy atom. The molecule has 0 aliphatic carbocycles. The number of carbonyl (C=O) groups is 1. The van der Waals surface area contributed by atoms with E-state index in [2.05, 4.69) is 15.0 Å². The van der Waals surface area contributed by atoms with E-state index in [9.17, 15) is 27.1 Å². The number of fused-ring (bicyclic) bond motifs is 2. The smallest absolute Gasteiger partial charge is 0.410 e. The van der Waals surface area contributed by atoms with Crippen LogP contribution in [0.15, 0.2) is 35.6 Å². The lowest BCUT2D eigenvalue weighted by atomic mass is 9.86. The number of alkyl halides is 1. The highest BCUT2D eigenvalue weighted by Gasteiger charge is 2.66. The van der Waals surface area contributed by atoms with Gasteiger partial charge >= 0.3 is 6.09 Å². The minimum absolute atomic E-state index is 0.0642. The molecule has 8 nitrogen and oxygen atoms in total. The van der Waals surface area contributed by atoms with Crippen molar-refractivity contribution < 1.29 is 31.5 Å². The van der Waals surface area contributed by atoms with Gasteiger partial charge in [0.15, 0.2) is 20.4 Å². The first-order valence-corrected chi connectivity index (χ1v) is 11.9. The number of halogens is 4. The predicted octanol–water partition coefficient (Wildman–Crippen LogP) is 3.92. The standard InChI is InChI=1S/C21H18ClF3N4O4S/c1-20(16-4-5-21(10-23,34(16,32)33)18(29-20)28-19(30)31)12-6-11(2-3-13(12)24)7-14(25)15-8-27-17(22)9-26-15/h2-3,6-9,16H,4-5,10H2,1H3,(H,28,29)(H,30,31)/b14-7-/t16-,20+,21-/m0/s1. The number of hydrogen-bond donors (Lipinski definition) is 2. The van der Waals surface area contributed by atoms with E-state index >= 15 is 4.39 Å². The van der Waals surface area contributed by atoms with Crippen LogP contribution in [0.3, 0.4) is 0 Å². The van der Waals surface area contributed by atoms with Crippen molar-refractivity contribution >= 4 is 45.3 Å². The Morgan fingerprint density at radius 1 is 1.35 bits per heavy atom. The van der Waals surface area contributed by atoms with Crippen molar-refractivity contribution in [1.82, 2.24) is 15.3 Å².